The predicted octanol–water partition coefficient (Wildman–Crippen LogP) is 2.58. The van der Waals surface area contributed by atoms with Gasteiger partial charge in [0.1, 0.15) is 0 Å². The topological polar surface area (TPSA) is 52.8 Å². The molecular formula is C15H26BrIN4O. The van der Waals surface area contributed by atoms with Crippen molar-refractivity contribution in [2.45, 2.75) is 26.3 Å². The molecule has 0 aromatic carbocycles. The van der Waals surface area contributed by atoms with E-state index in [4.69, 9.17) is 4.99 Å². The molecule has 0 bridgehead atoms. The first kappa shape index (κ1) is 19.8. The van der Waals surface area contributed by atoms with Gasteiger partial charge in [-0.15, -0.1) is 24.0 Å². The van der Waals surface area contributed by atoms with Crippen LogP contribution in [0.3, 0.4) is 0 Å². The standard InChI is InChI=1S/C15H25BrN4O.HI/c1-4-17-14(18-10-15(11-21)5-6-15)20(3)9-13-7-12(16)8-19(13)2;/h7-8,21H,4-6,9-11H2,1-3H3,(H,17,18);1H. The SMILES string of the molecule is CCNC(=NCC1(CO)CC1)N(C)Cc1cc(Br)cn1C.I. The molecule has 0 aliphatic heterocycles. The average molecular weight is 485 g/mol. The Morgan fingerprint density at radius 3 is 2.68 bits per heavy atom. The molecule has 0 spiro atoms. The van der Waals surface area contributed by atoms with Crippen LogP contribution in [0.4, 0.5) is 0 Å². The summed E-state index contributed by atoms with van der Waals surface area (Å²) >= 11 is 3.50. The molecule has 1 aromatic rings. The van der Waals surface area contributed by atoms with Gasteiger partial charge in [-0.2, -0.15) is 0 Å². The number of aromatic nitrogens is 1. The van der Waals surface area contributed by atoms with Crippen molar-refractivity contribution in [2.75, 3.05) is 26.7 Å². The van der Waals surface area contributed by atoms with E-state index in [9.17, 15) is 5.11 Å². The van der Waals surface area contributed by atoms with Gasteiger partial charge in [0.25, 0.3) is 0 Å². The minimum Gasteiger partial charge on any atom is -0.396 e. The second kappa shape index (κ2) is 8.54. The van der Waals surface area contributed by atoms with E-state index < -0.39 is 0 Å². The fraction of sp³-hybridized carbons (Fsp3) is 0.667. The van der Waals surface area contributed by atoms with Crippen LogP contribution in [-0.2, 0) is 13.6 Å². The van der Waals surface area contributed by atoms with Gasteiger partial charge in [-0.1, -0.05) is 0 Å². The van der Waals surface area contributed by atoms with E-state index in [2.05, 4.69) is 49.9 Å². The number of hydrogen-bond donors (Lipinski definition) is 2. The number of nitrogens with zero attached hydrogens (tertiary/aromatic N) is 3. The van der Waals surface area contributed by atoms with Crippen LogP contribution >= 0.6 is 39.9 Å². The first-order valence-electron chi connectivity index (χ1n) is 7.41. The Morgan fingerprint density at radius 1 is 1.55 bits per heavy atom. The van der Waals surface area contributed by atoms with E-state index in [-0.39, 0.29) is 36.0 Å². The number of aliphatic hydroxyl groups excluding tert-OH is 1. The average Bonchev–Trinajstić information content (AvgIpc) is 3.16. The summed E-state index contributed by atoms with van der Waals surface area (Å²) in [6.07, 6.45) is 4.22. The Hall–Kier alpha value is -0.280. The van der Waals surface area contributed by atoms with Crippen molar-refractivity contribution < 1.29 is 5.11 Å². The molecule has 0 amide bonds. The Labute approximate surface area is 158 Å². The molecule has 1 heterocycles. The van der Waals surface area contributed by atoms with E-state index in [1.165, 1.54) is 5.69 Å². The highest BCUT2D eigenvalue weighted by molar-refractivity contribution is 14.0. The smallest absolute Gasteiger partial charge is 0.194 e. The molecule has 1 aliphatic rings. The zero-order valence-corrected chi connectivity index (χ0v) is 17.4. The Balaban J connectivity index is 0.00000242. The predicted molar refractivity (Wildman–Crippen MR) is 105 cm³/mol. The summed E-state index contributed by atoms with van der Waals surface area (Å²) in [6, 6.07) is 2.12. The van der Waals surface area contributed by atoms with Gasteiger partial charge >= 0.3 is 0 Å². The number of halogens is 2. The quantitative estimate of drug-likeness (QED) is 0.370. The second-order valence-corrected chi connectivity index (χ2v) is 6.86. The summed E-state index contributed by atoms with van der Waals surface area (Å²) in [5.74, 6) is 0.898. The molecule has 22 heavy (non-hydrogen) atoms. The Morgan fingerprint density at radius 2 is 2.23 bits per heavy atom. The van der Waals surface area contributed by atoms with Crippen molar-refractivity contribution in [1.29, 1.82) is 0 Å². The highest BCUT2D eigenvalue weighted by Crippen LogP contribution is 2.45. The van der Waals surface area contributed by atoms with Gasteiger partial charge in [0.2, 0.25) is 0 Å². The molecule has 5 nitrogen and oxygen atoms in total. The molecule has 0 radical (unpaired) electrons. The summed E-state index contributed by atoms with van der Waals surface area (Å²) in [5.41, 5.74) is 1.27. The highest BCUT2D eigenvalue weighted by atomic mass is 127. The lowest BCUT2D eigenvalue weighted by Crippen LogP contribution is -2.39. The first-order valence-corrected chi connectivity index (χ1v) is 8.20. The lowest BCUT2D eigenvalue weighted by atomic mass is 10.1. The van der Waals surface area contributed by atoms with Crippen LogP contribution in [0, 0.1) is 5.41 Å². The largest absolute Gasteiger partial charge is 0.396 e. The number of rotatable bonds is 6. The number of aliphatic imine (C=N–C) groups is 1. The minimum absolute atomic E-state index is 0. The maximum atomic E-state index is 9.40. The fourth-order valence-electron chi connectivity index (χ4n) is 2.30. The lowest BCUT2D eigenvalue weighted by Gasteiger charge is -2.23. The van der Waals surface area contributed by atoms with Crippen molar-refractivity contribution >= 4 is 45.9 Å². The van der Waals surface area contributed by atoms with Crippen LogP contribution in [0.25, 0.3) is 0 Å². The fourth-order valence-corrected chi connectivity index (χ4v) is 2.87. The van der Waals surface area contributed by atoms with Crippen LogP contribution in [0.15, 0.2) is 21.7 Å². The molecule has 2 rings (SSSR count). The number of aryl methyl sites for hydroxylation is 1. The van der Waals surface area contributed by atoms with Gasteiger partial charge in [0.05, 0.1) is 19.7 Å². The summed E-state index contributed by atoms with van der Waals surface area (Å²) < 4.78 is 3.20. The molecule has 0 unspecified atom stereocenters. The summed E-state index contributed by atoms with van der Waals surface area (Å²) in [7, 11) is 4.09. The van der Waals surface area contributed by atoms with Crippen molar-refractivity contribution in [1.82, 2.24) is 14.8 Å². The van der Waals surface area contributed by atoms with E-state index >= 15 is 0 Å². The third-order valence-electron chi connectivity index (χ3n) is 4.03. The Bertz CT molecular complexity index is 514. The number of nitrogens with one attached hydrogen (secondary N) is 1. The molecule has 0 atom stereocenters. The van der Waals surface area contributed by atoms with E-state index in [1.54, 1.807) is 0 Å². The van der Waals surface area contributed by atoms with Crippen LogP contribution in [0.2, 0.25) is 0 Å². The van der Waals surface area contributed by atoms with E-state index in [0.717, 1.165) is 36.4 Å². The van der Waals surface area contributed by atoms with Gasteiger partial charge in [-0.05, 0) is 41.8 Å². The van der Waals surface area contributed by atoms with Crippen molar-refractivity contribution in [2.24, 2.45) is 17.5 Å². The summed E-state index contributed by atoms with van der Waals surface area (Å²) in [5, 5.41) is 12.7. The molecule has 7 heteroatoms. The van der Waals surface area contributed by atoms with Gasteiger partial charge in [0.15, 0.2) is 5.96 Å². The van der Waals surface area contributed by atoms with Gasteiger partial charge in [0, 0.05) is 42.4 Å². The molecule has 0 saturated heterocycles. The zero-order chi connectivity index (χ0) is 15.5. The molecule has 1 fully saturated rings. The van der Waals surface area contributed by atoms with E-state index in [0.29, 0.717) is 6.54 Å². The molecule has 1 saturated carbocycles. The molecule has 1 aliphatic carbocycles. The third kappa shape index (κ3) is 5.13. The first-order chi connectivity index (χ1) is 9.99. The minimum atomic E-state index is 0. The van der Waals surface area contributed by atoms with E-state index in [1.807, 2.05) is 14.1 Å². The van der Waals surface area contributed by atoms with Crippen LogP contribution in [0.5, 0.6) is 0 Å². The monoisotopic (exact) mass is 484 g/mol. The normalized spacial score (nSPS) is 16.1. The second-order valence-electron chi connectivity index (χ2n) is 5.94. The summed E-state index contributed by atoms with van der Waals surface area (Å²) in [6.45, 7) is 4.64. The molecular weight excluding hydrogens is 459 g/mol. The van der Waals surface area contributed by atoms with Crippen molar-refractivity contribution in [3.63, 3.8) is 0 Å². The zero-order valence-electron chi connectivity index (χ0n) is 13.5. The Kier molecular flexibility index (Phi) is 7.67. The van der Waals surface area contributed by atoms with Crippen LogP contribution in [-0.4, -0.2) is 47.3 Å². The number of guanidine groups is 1. The van der Waals surface area contributed by atoms with Gasteiger partial charge < -0.3 is 19.9 Å². The molecule has 1 aromatic heterocycles. The van der Waals surface area contributed by atoms with Crippen molar-refractivity contribution in [3.8, 4) is 0 Å². The number of aliphatic hydroxyl groups is 1. The van der Waals surface area contributed by atoms with Gasteiger partial charge in [-0.25, -0.2) is 0 Å². The van der Waals surface area contributed by atoms with Crippen LogP contribution in [0.1, 0.15) is 25.5 Å². The van der Waals surface area contributed by atoms with Crippen LogP contribution < -0.4 is 5.32 Å². The molecule has 126 valence electrons. The van der Waals surface area contributed by atoms with Crippen molar-refractivity contribution in [3.05, 3.63) is 22.4 Å². The van der Waals surface area contributed by atoms with Gasteiger partial charge in [-0.3, -0.25) is 4.99 Å². The number of hydrogen-bond acceptors (Lipinski definition) is 2. The molecule has 2 N–H and O–H groups in total. The lowest BCUT2D eigenvalue weighted by molar-refractivity contribution is 0.216. The third-order valence-corrected chi connectivity index (χ3v) is 4.46. The maximum Gasteiger partial charge on any atom is 0.194 e. The maximum absolute atomic E-state index is 9.40. The highest BCUT2D eigenvalue weighted by Gasteiger charge is 2.41. The summed E-state index contributed by atoms with van der Waals surface area (Å²) in [4.78, 5) is 6.83.